The van der Waals surface area contributed by atoms with E-state index in [4.69, 9.17) is 4.74 Å². The molecule has 6 nitrogen and oxygen atoms in total. The van der Waals surface area contributed by atoms with Gasteiger partial charge < -0.3 is 14.6 Å². The number of nitrogens with one attached hydrogen (secondary N) is 1. The topological polar surface area (TPSA) is 84.9 Å². The van der Waals surface area contributed by atoms with Crippen LogP contribution in [0.5, 0.6) is 11.5 Å². The van der Waals surface area contributed by atoms with E-state index in [-0.39, 0.29) is 11.4 Å². The molecule has 0 unspecified atom stereocenters. The Morgan fingerprint density at radius 2 is 1.89 bits per heavy atom. The van der Waals surface area contributed by atoms with Crippen LogP contribution in [-0.4, -0.2) is 33.0 Å². The number of alkyl halides is 3. The van der Waals surface area contributed by atoms with Gasteiger partial charge in [-0.3, -0.25) is 0 Å². The minimum atomic E-state index is -4.86. The summed E-state index contributed by atoms with van der Waals surface area (Å²) in [5.41, 5.74) is 1.48. The number of sulfonamides is 1. The lowest BCUT2D eigenvalue weighted by Crippen LogP contribution is -2.28. The first-order valence-electron chi connectivity index (χ1n) is 7.93. The summed E-state index contributed by atoms with van der Waals surface area (Å²) in [6.07, 6.45) is -5.23. The highest BCUT2D eigenvalue weighted by Crippen LogP contribution is 2.28. The van der Waals surface area contributed by atoms with Gasteiger partial charge in [0.1, 0.15) is 11.5 Å². The van der Waals surface area contributed by atoms with E-state index < -0.39 is 28.2 Å². The Bertz CT molecular complexity index is 913. The molecule has 0 bridgehead atoms. The van der Waals surface area contributed by atoms with Gasteiger partial charge in [-0.15, -0.1) is 13.2 Å². The van der Waals surface area contributed by atoms with Crippen LogP contribution in [0.2, 0.25) is 0 Å². The number of aliphatic hydroxyl groups is 1. The normalized spacial score (nSPS) is 15.1. The maximum atomic E-state index is 12.2. The van der Waals surface area contributed by atoms with E-state index in [1.54, 1.807) is 18.2 Å². The maximum absolute atomic E-state index is 12.2. The van der Waals surface area contributed by atoms with Crippen LogP contribution >= 0.6 is 0 Å². The molecule has 27 heavy (non-hydrogen) atoms. The monoisotopic (exact) mass is 403 g/mol. The average Bonchev–Trinajstić information content (AvgIpc) is 3.06. The second-order valence-electron chi connectivity index (χ2n) is 5.85. The molecule has 0 amide bonds. The molecule has 146 valence electrons. The lowest BCUT2D eigenvalue weighted by molar-refractivity contribution is -0.274. The first-order chi connectivity index (χ1) is 12.6. The number of hydrogen-bond acceptors (Lipinski definition) is 5. The van der Waals surface area contributed by atoms with Gasteiger partial charge in [0.15, 0.2) is 0 Å². The highest BCUT2D eigenvalue weighted by Gasteiger charge is 2.31. The molecule has 0 saturated carbocycles. The highest BCUT2D eigenvalue weighted by atomic mass is 32.2. The first kappa shape index (κ1) is 19.5. The third-order valence-corrected chi connectivity index (χ3v) is 5.37. The van der Waals surface area contributed by atoms with Gasteiger partial charge in [-0.25, -0.2) is 13.1 Å². The SMILES string of the molecule is O=S(=O)(NC[C@H](O)c1ccc2c(c1)CCO2)c1ccc(OC(F)(F)F)cc1. The van der Waals surface area contributed by atoms with Crippen molar-refractivity contribution in [3.8, 4) is 11.5 Å². The quantitative estimate of drug-likeness (QED) is 0.774. The number of aliphatic hydroxyl groups excluding tert-OH is 1. The largest absolute Gasteiger partial charge is 0.573 e. The molecule has 1 atom stereocenters. The van der Waals surface area contributed by atoms with Crippen molar-refractivity contribution < 1.29 is 36.2 Å². The Morgan fingerprint density at radius 1 is 1.19 bits per heavy atom. The van der Waals surface area contributed by atoms with Gasteiger partial charge in [0, 0.05) is 13.0 Å². The second-order valence-corrected chi connectivity index (χ2v) is 7.62. The Hall–Kier alpha value is -2.30. The molecule has 2 aromatic carbocycles. The Kier molecular flexibility index (Phi) is 5.31. The summed E-state index contributed by atoms with van der Waals surface area (Å²) >= 11 is 0. The Balaban J connectivity index is 1.64. The average molecular weight is 403 g/mol. The third kappa shape index (κ3) is 4.90. The van der Waals surface area contributed by atoms with Crippen molar-refractivity contribution in [3.05, 3.63) is 53.6 Å². The molecule has 0 spiro atoms. The molecule has 1 aliphatic heterocycles. The Morgan fingerprint density at radius 3 is 2.56 bits per heavy atom. The fourth-order valence-corrected chi connectivity index (χ4v) is 3.66. The summed E-state index contributed by atoms with van der Waals surface area (Å²) in [5.74, 6) is 0.217. The van der Waals surface area contributed by atoms with E-state index >= 15 is 0 Å². The molecule has 2 N–H and O–H groups in total. The highest BCUT2D eigenvalue weighted by molar-refractivity contribution is 7.89. The van der Waals surface area contributed by atoms with Crippen LogP contribution in [0.3, 0.4) is 0 Å². The van der Waals surface area contributed by atoms with Crippen molar-refractivity contribution in [1.29, 1.82) is 0 Å². The number of fused-ring (bicyclic) bond motifs is 1. The van der Waals surface area contributed by atoms with Crippen molar-refractivity contribution in [3.63, 3.8) is 0 Å². The van der Waals surface area contributed by atoms with Gasteiger partial charge in [-0.2, -0.15) is 0 Å². The van der Waals surface area contributed by atoms with E-state index in [1.165, 1.54) is 0 Å². The van der Waals surface area contributed by atoms with Crippen LogP contribution < -0.4 is 14.2 Å². The molecule has 0 aromatic heterocycles. The van der Waals surface area contributed by atoms with Crippen molar-refractivity contribution in [1.82, 2.24) is 4.72 Å². The Labute approximate surface area is 153 Å². The molecular weight excluding hydrogens is 387 g/mol. The van der Waals surface area contributed by atoms with Crippen LogP contribution in [0.25, 0.3) is 0 Å². The summed E-state index contributed by atoms with van der Waals surface area (Å²) in [6.45, 7) is 0.276. The predicted octanol–water partition coefficient (Wildman–Crippen LogP) is 2.53. The second kappa shape index (κ2) is 7.37. The van der Waals surface area contributed by atoms with Crippen LogP contribution in [0.1, 0.15) is 17.2 Å². The fourth-order valence-electron chi connectivity index (χ4n) is 2.62. The zero-order valence-corrected chi connectivity index (χ0v) is 14.7. The van der Waals surface area contributed by atoms with Crippen LogP contribution in [-0.2, 0) is 16.4 Å². The van der Waals surface area contributed by atoms with E-state index in [0.717, 1.165) is 35.6 Å². The lowest BCUT2D eigenvalue weighted by atomic mass is 10.0. The zero-order valence-electron chi connectivity index (χ0n) is 13.9. The predicted molar refractivity (Wildman–Crippen MR) is 88.9 cm³/mol. The van der Waals surface area contributed by atoms with Gasteiger partial charge in [0.2, 0.25) is 10.0 Å². The standard InChI is InChI=1S/C17H16F3NO5S/c18-17(19,20)26-13-2-4-14(5-3-13)27(23,24)21-10-15(22)11-1-6-16-12(9-11)7-8-25-16/h1-6,9,15,21-22H,7-8,10H2/t15-/m0/s1. The summed E-state index contributed by atoms with van der Waals surface area (Å²) in [7, 11) is -4.01. The van der Waals surface area contributed by atoms with Crippen LogP contribution in [0, 0.1) is 0 Å². The molecule has 3 rings (SSSR count). The summed E-state index contributed by atoms with van der Waals surface area (Å²) in [6, 6.07) is 8.90. The first-order valence-corrected chi connectivity index (χ1v) is 9.41. The molecule has 2 aromatic rings. The van der Waals surface area contributed by atoms with Crippen LogP contribution in [0.15, 0.2) is 47.4 Å². The molecule has 0 aliphatic carbocycles. The molecule has 0 saturated heterocycles. The number of rotatable bonds is 6. The molecule has 1 aliphatic rings. The molecule has 10 heteroatoms. The van der Waals surface area contributed by atoms with E-state index in [0.29, 0.717) is 18.6 Å². The lowest BCUT2D eigenvalue weighted by Gasteiger charge is -2.14. The van der Waals surface area contributed by atoms with Gasteiger partial charge >= 0.3 is 6.36 Å². The molecule has 0 radical (unpaired) electrons. The minimum Gasteiger partial charge on any atom is -0.493 e. The number of benzene rings is 2. The van der Waals surface area contributed by atoms with Gasteiger partial charge in [-0.05, 0) is 47.5 Å². The van der Waals surface area contributed by atoms with E-state index in [1.807, 2.05) is 0 Å². The molecular formula is C17H16F3NO5S. The van der Waals surface area contributed by atoms with Gasteiger partial charge in [0.25, 0.3) is 0 Å². The smallest absolute Gasteiger partial charge is 0.493 e. The van der Waals surface area contributed by atoms with Crippen molar-refractivity contribution in [2.24, 2.45) is 0 Å². The van der Waals surface area contributed by atoms with Crippen molar-refractivity contribution in [2.75, 3.05) is 13.2 Å². The third-order valence-electron chi connectivity index (χ3n) is 3.93. The molecule has 1 heterocycles. The number of halogens is 3. The fraction of sp³-hybridized carbons (Fsp3) is 0.294. The molecule has 0 fully saturated rings. The minimum absolute atomic E-state index is 0.244. The van der Waals surface area contributed by atoms with E-state index in [2.05, 4.69) is 9.46 Å². The van der Waals surface area contributed by atoms with Crippen molar-refractivity contribution >= 4 is 10.0 Å². The van der Waals surface area contributed by atoms with Crippen molar-refractivity contribution in [2.45, 2.75) is 23.8 Å². The number of ether oxygens (including phenoxy) is 2. The maximum Gasteiger partial charge on any atom is 0.573 e. The summed E-state index contributed by atoms with van der Waals surface area (Å²) < 4.78 is 72.2. The zero-order chi connectivity index (χ0) is 19.7. The summed E-state index contributed by atoms with van der Waals surface area (Å²) in [5, 5.41) is 10.2. The summed E-state index contributed by atoms with van der Waals surface area (Å²) in [4.78, 5) is -0.244. The van der Waals surface area contributed by atoms with Gasteiger partial charge in [-0.1, -0.05) is 6.07 Å². The van der Waals surface area contributed by atoms with Gasteiger partial charge in [0.05, 0.1) is 17.6 Å². The van der Waals surface area contributed by atoms with E-state index in [9.17, 15) is 26.7 Å². The van der Waals surface area contributed by atoms with Crippen LogP contribution in [0.4, 0.5) is 13.2 Å². The number of hydrogen-bond donors (Lipinski definition) is 2.